The normalized spacial score (nSPS) is 9.73. The number of halogens is 1. The van der Waals surface area contributed by atoms with Crippen LogP contribution in [0.15, 0.2) is 24.3 Å². The molecule has 0 saturated carbocycles. The van der Waals surface area contributed by atoms with Crippen molar-refractivity contribution in [1.82, 2.24) is 5.32 Å². The molecule has 82 valence electrons. The number of carbonyl (C=O) groups excluding carboxylic acids is 1. The van der Waals surface area contributed by atoms with E-state index in [0.29, 0.717) is 17.9 Å². The van der Waals surface area contributed by atoms with E-state index in [2.05, 4.69) is 21.2 Å². The van der Waals surface area contributed by atoms with E-state index in [0.717, 1.165) is 11.8 Å². The van der Waals surface area contributed by atoms with E-state index in [1.165, 1.54) is 0 Å². The van der Waals surface area contributed by atoms with Crippen LogP contribution in [0, 0.1) is 0 Å². The van der Waals surface area contributed by atoms with Gasteiger partial charge >= 0.3 is 0 Å². The van der Waals surface area contributed by atoms with Crippen molar-refractivity contribution < 1.29 is 9.53 Å². The van der Waals surface area contributed by atoms with Gasteiger partial charge in [-0.05, 0) is 18.6 Å². The van der Waals surface area contributed by atoms with Crippen molar-refractivity contribution in [3.05, 3.63) is 29.8 Å². The van der Waals surface area contributed by atoms with Gasteiger partial charge in [-0.3, -0.25) is 4.79 Å². The number of amides is 1. The highest BCUT2D eigenvalue weighted by molar-refractivity contribution is 9.09. The smallest absolute Gasteiger partial charge is 0.254 e. The minimum atomic E-state index is -0.121. The van der Waals surface area contributed by atoms with Gasteiger partial charge in [0.05, 0.1) is 12.2 Å². The summed E-state index contributed by atoms with van der Waals surface area (Å²) >= 11 is 3.32. The first kappa shape index (κ1) is 12.0. The molecule has 0 bridgehead atoms. The Morgan fingerprint density at radius 3 is 2.87 bits per heavy atom. The molecule has 0 radical (unpaired) electrons. The number of benzene rings is 1. The quantitative estimate of drug-likeness (QED) is 0.659. The third-order valence-corrected chi connectivity index (χ3v) is 2.46. The highest BCUT2D eigenvalue weighted by Gasteiger charge is 2.09. The molecular formula is C11H14BrNO2. The molecule has 1 aromatic carbocycles. The van der Waals surface area contributed by atoms with Crippen LogP contribution in [-0.4, -0.2) is 24.9 Å². The molecule has 1 N–H and O–H groups in total. The maximum absolute atomic E-state index is 11.5. The number of para-hydroxylation sites is 1. The lowest BCUT2D eigenvalue weighted by molar-refractivity contribution is 0.0959. The number of ether oxygens (including phenoxy) is 1. The second-order valence-electron chi connectivity index (χ2n) is 2.97. The van der Waals surface area contributed by atoms with Crippen LogP contribution in [0.25, 0.3) is 0 Å². The molecule has 0 fully saturated rings. The van der Waals surface area contributed by atoms with Crippen molar-refractivity contribution in [3.63, 3.8) is 0 Å². The first-order valence-corrected chi connectivity index (χ1v) is 5.91. The van der Waals surface area contributed by atoms with Gasteiger partial charge in [0.1, 0.15) is 5.75 Å². The van der Waals surface area contributed by atoms with E-state index < -0.39 is 0 Å². The SMILES string of the molecule is CNC(=O)c1ccccc1OCCCBr. The molecular weight excluding hydrogens is 258 g/mol. The van der Waals surface area contributed by atoms with Crippen LogP contribution in [-0.2, 0) is 0 Å². The summed E-state index contributed by atoms with van der Waals surface area (Å²) in [7, 11) is 1.61. The molecule has 15 heavy (non-hydrogen) atoms. The third-order valence-electron chi connectivity index (χ3n) is 1.89. The molecule has 0 aliphatic carbocycles. The lowest BCUT2D eigenvalue weighted by Gasteiger charge is -2.09. The number of hydrogen-bond acceptors (Lipinski definition) is 2. The fourth-order valence-corrected chi connectivity index (χ4v) is 1.38. The summed E-state index contributed by atoms with van der Waals surface area (Å²) in [6.07, 6.45) is 0.919. The predicted octanol–water partition coefficient (Wildman–Crippen LogP) is 2.21. The first-order chi connectivity index (χ1) is 7.29. The van der Waals surface area contributed by atoms with Gasteiger partial charge in [0, 0.05) is 12.4 Å². The van der Waals surface area contributed by atoms with Crippen LogP contribution in [0.5, 0.6) is 5.75 Å². The average Bonchev–Trinajstić information content (AvgIpc) is 2.29. The minimum Gasteiger partial charge on any atom is -0.493 e. The van der Waals surface area contributed by atoms with Crippen molar-refractivity contribution in [2.75, 3.05) is 19.0 Å². The zero-order valence-corrected chi connectivity index (χ0v) is 10.2. The third kappa shape index (κ3) is 3.55. The number of carbonyl (C=O) groups is 1. The van der Waals surface area contributed by atoms with Crippen molar-refractivity contribution in [1.29, 1.82) is 0 Å². The molecule has 0 heterocycles. The first-order valence-electron chi connectivity index (χ1n) is 4.79. The minimum absolute atomic E-state index is 0.121. The van der Waals surface area contributed by atoms with Gasteiger partial charge in [-0.2, -0.15) is 0 Å². The topological polar surface area (TPSA) is 38.3 Å². The summed E-state index contributed by atoms with van der Waals surface area (Å²) in [4.78, 5) is 11.5. The van der Waals surface area contributed by atoms with Gasteiger partial charge in [-0.25, -0.2) is 0 Å². The fraction of sp³-hybridized carbons (Fsp3) is 0.364. The molecule has 1 amide bonds. The van der Waals surface area contributed by atoms with Crippen LogP contribution < -0.4 is 10.1 Å². The van der Waals surface area contributed by atoms with Crippen molar-refractivity contribution in [2.45, 2.75) is 6.42 Å². The number of hydrogen-bond donors (Lipinski definition) is 1. The Balaban J connectivity index is 2.73. The molecule has 0 atom stereocenters. The molecule has 3 nitrogen and oxygen atoms in total. The van der Waals surface area contributed by atoms with Gasteiger partial charge < -0.3 is 10.1 Å². The van der Waals surface area contributed by atoms with Crippen molar-refractivity contribution in [2.24, 2.45) is 0 Å². The zero-order valence-electron chi connectivity index (χ0n) is 8.63. The van der Waals surface area contributed by atoms with Crippen molar-refractivity contribution >= 4 is 21.8 Å². The molecule has 0 aromatic heterocycles. The van der Waals surface area contributed by atoms with Crippen LogP contribution in [0.2, 0.25) is 0 Å². The number of rotatable bonds is 5. The van der Waals surface area contributed by atoms with E-state index in [1.54, 1.807) is 19.2 Å². The Kier molecular flexibility index (Phi) is 5.18. The van der Waals surface area contributed by atoms with E-state index in [-0.39, 0.29) is 5.91 Å². The lowest BCUT2D eigenvalue weighted by atomic mass is 10.2. The Morgan fingerprint density at radius 1 is 1.47 bits per heavy atom. The predicted molar refractivity (Wildman–Crippen MR) is 63.7 cm³/mol. The molecule has 1 aromatic rings. The summed E-state index contributed by atoms with van der Waals surface area (Å²) in [6.45, 7) is 0.610. The number of nitrogens with one attached hydrogen (secondary N) is 1. The Hall–Kier alpha value is -1.03. The molecule has 4 heteroatoms. The average molecular weight is 272 g/mol. The largest absolute Gasteiger partial charge is 0.493 e. The van der Waals surface area contributed by atoms with E-state index >= 15 is 0 Å². The van der Waals surface area contributed by atoms with Gasteiger partial charge in [-0.15, -0.1) is 0 Å². The Labute approximate surface area is 97.9 Å². The molecule has 0 aliphatic heterocycles. The summed E-state index contributed by atoms with van der Waals surface area (Å²) in [5.41, 5.74) is 0.578. The van der Waals surface area contributed by atoms with Crippen LogP contribution in [0.1, 0.15) is 16.8 Å². The molecule has 0 aliphatic rings. The van der Waals surface area contributed by atoms with Gasteiger partial charge in [-0.1, -0.05) is 28.1 Å². The lowest BCUT2D eigenvalue weighted by Crippen LogP contribution is -2.19. The fourth-order valence-electron chi connectivity index (χ4n) is 1.15. The summed E-state index contributed by atoms with van der Waals surface area (Å²) in [5, 5.41) is 3.48. The molecule has 0 spiro atoms. The monoisotopic (exact) mass is 271 g/mol. The summed E-state index contributed by atoms with van der Waals surface area (Å²) in [5.74, 6) is 0.516. The van der Waals surface area contributed by atoms with E-state index in [9.17, 15) is 4.79 Å². The highest BCUT2D eigenvalue weighted by Crippen LogP contribution is 2.17. The van der Waals surface area contributed by atoms with Crippen LogP contribution >= 0.6 is 15.9 Å². The van der Waals surface area contributed by atoms with E-state index in [1.807, 2.05) is 12.1 Å². The van der Waals surface area contributed by atoms with Crippen LogP contribution in [0.4, 0.5) is 0 Å². The highest BCUT2D eigenvalue weighted by atomic mass is 79.9. The molecule has 1 rings (SSSR count). The molecule has 0 saturated heterocycles. The van der Waals surface area contributed by atoms with Crippen LogP contribution in [0.3, 0.4) is 0 Å². The molecule has 0 unspecified atom stereocenters. The summed E-state index contributed by atoms with van der Waals surface area (Å²) in [6, 6.07) is 7.24. The second-order valence-corrected chi connectivity index (χ2v) is 3.76. The Bertz CT molecular complexity index is 328. The van der Waals surface area contributed by atoms with Gasteiger partial charge in [0.25, 0.3) is 5.91 Å². The second kappa shape index (κ2) is 6.45. The summed E-state index contributed by atoms with van der Waals surface area (Å²) < 4.78 is 5.51. The zero-order chi connectivity index (χ0) is 11.1. The maximum atomic E-state index is 11.5. The number of alkyl halides is 1. The van der Waals surface area contributed by atoms with Gasteiger partial charge in [0.15, 0.2) is 0 Å². The maximum Gasteiger partial charge on any atom is 0.254 e. The standard InChI is InChI=1S/C11H14BrNO2/c1-13-11(14)9-5-2-3-6-10(9)15-8-4-7-12/h2-3,5-6H,4,7-8H2,1H3,(H,13,14). The van der Waals surface area contributed by atoms with Gasteiger partial charge in [0.2, 0.25) is 0 Å². The Morgan fingerprint density at radius 2 is 2.20 bits per heavy atom. The van der Waals surface area contributed by atoms with E-state index in [4.69, 9.17) is 4.74 Å². The van der Waals surface area contributed by atoms with Crippen molar-refractivity contribution in [3.8, 4) is 5.75 Å².